The number of hydrogen-bond acceptors (Lipinski definition) is 5. The van der Waals surface area contributed by atoms with Gasteiger partial charge in [0.15, 0.2) is 5.65 Å². The van der Waals surface area contributed by atoms with Gasteiger partial charge in [-0.3, -0.25) is 19.0 Å². The van der Waals surface area contributed by atoms with Gasteiger partial charge in [-0.2, -0.15) is 5.10 Å². The Morgan fingerprint density at radius 1 is 1.17 bits per heavy atom. The van der Waals surface area contributed by atoms with Crippen molar-refractivity contribution in [2.24, 2.45) is 7.05 Å². The van der Waals surface area contributed by atoms with E-state index in [9.17, 15) is 14.4 Å². The van der Waals surface area contributed by atoms with Crippen LogP contribution in [0.1, 0.15) is 24.2 Å². The van der Waals surface area contributed by atoms with Crippen LogP contribution in [-0.2, 0) is 18.4 Å². The van der Waals surface area contributed by atoms with Gasteiger partial charge < -0.3 is 10.2 Å². The van der Waals surface area contributed by atoms with Crippen molar-refractivity contribution in [1.82, 2.24) is 24.2 Å². The first kappa shape index (κ1) is 20.7. The zero-order valence-electron chi connectivity index (χ0n) is 16.3. The summed E-state index contributed by atoms with van der Waals surface area (Å²) in [6.45, 7) is 4.92. The zero-order chi connectivity index (χ0) is 21.1. The lowest BCUT2D eigenvalue weighted by atomic mass is 10.1. The van der Waals surface area contributed by atoms with Crippen LogP contribution in [0.15, 0.2) is 40.0 Å². The third kappa shape index (κ3) is 4.21. The molecule has 2 aromatic heterocycles. The largest absolute Gasteiger partial charge is 0.339 e. The van der Waals surface area contributed by atoms with Crippen LogP contribution in [0, 0.1) is 0 Å². The van der Waals surface area contributed by atoms with Gasteiger partial charge in [0.05, 0.1) is 0 Å². The number of carbonyl (C=O) groups excluding carboxylic acids is 2. The molecule has 0 radical (unpaired) electrons. The fourth-order valence-electron chi connectivity index (χ4n) is 2.99. The lowest BCUT2D eigenvalue weighted by molar-refractivity contribution is -0.116. The van der Waals surface area contributed by atoms with Gasteiger partial charge in [0.25, 0.3) is 11.5 Å². The quantitative estimate of drug-likeness (QED) is 0.605. The van der Waals surface area contributed by atoms with Crippen molar-refractivity contribution in [2.45, 2.75) is 20.4 Å². The number of anilines is 1. The first-order valence-electron chi connectivity index (χ1n) is 9.12. The van der Waals surface area contributed by atoms with Gasteiger partial charge in [-0.05, 0) is 54.0 Å². The van der Waals surface area contributed by atoms with Crippen molar-refractivity contribution >= 4 is 44.5 Å². The molecule has 0 aliphatic carbocycles. The molecule has 2 heterocycles. The molecule has 0 spiro atoms. The number of carbonyl (C=O) groups is 2. The van der Waals surface area contributed by atoms with Crippen LogP contribution in [0.4, 0.5) is 5.69 Å². The predicted molar refractivity (Wildman–Crippen MR) is 113 cm³/mol. The molecule has 0 aliphatic rings. The molecule has 10 heteroatoms. The summed E-state index contributed by atoms with van der Waals surface area (Å²) >= 11 is 3.24. The van der Waals surface area contributed by atoms with Crippen molar-refractivity contribution in [2.75, 3.05) is 18.4 Å². The van der Waals surface area contributed by atoms with Gasteiger partial charge >= 0.3 is 0 Å². The molecule has 3 aromatic rings. The van der Waals surface area contributed by atoms with Crippen molar-refractivity contribution in [3.63, 3.8) is 0 Å². The average Bonchev–Trinajstić information content (AvgIpc) is 2.99. The summed E-state index contributed by atoms with van der Waals surface area (Å²) < 4.78 is 3.10. The number of hydrogen-bond donors (Lipinski definition) is 1. The van der Waals surface area contributed by atoms with Crippen LogP contribution in [-0.4, -0.2) is 49.1 Å². The van der Waals surface area contributed by atoms with Crippen molar-refractivity contribution in [3.8, 4) is 0 Å². The highest BCUT2D eigenvalue weighted by molar-refractivity contribution is 9.10. The maximum Gasteiger partial charge on any atom is 0.266 e. The highest BCUT2D eigenvalue weighted by atomic mass is 79.9. The Hall–Kier alpha value is -3.01. The Morgan fingerprint density at radius 2 is 1.83 bits per heavy atom. The monoisotopic (exact) mass is 460 g/mol. The van der Waals surface area contributed by atoms with Crippen LogP contribution < -0.4 is 10.9 Å². The summed E-state index contributed by atoms with van der Waals surface area (Å²) in [6, 6.07) is 6.67. The molecular weight excluding hydrogens is 440 g/mol. The van der Waals surface area contributed by atoms with Crippen molar-refractivity contribution in [3.05, 3.63) is 51.1 Å². The maximum absolute atomic E-state index is 12.6. The highest BCUT2D eigenvalue weighted by Crippen LogP contribution is 2.17. The minimum absolute atomic E-state index is 0.0548. The zero-order valence-corrected chi connectivity index (χ0v) is 17.9. The Bertz CT molecular complexity index is 1120. The SMILES string of the molecule is CCN(CC)C(=O)c1ccc(NC(=O)Cn2cnc3c(c(Br)nn3C)c2=O)cc1. The molecule has 0 unspecified atom stereocenters. The summed E-state index contributed by atoms with van der Waals surface area (Å²) in [4.78, 5) is 43.2. The summed E-state index contributed by atoms with van der Waals surface area (Å²) in [7, 11) is 1.69. The first-order chi connectivity index (χ1) is 13.8. The molecule has 9 nitrogen and oxygen atoms in total. The van der Waals surface area contributed by atoms with Crippen LogP contribution in [0.5, 0.6) is 0 Å². The van der Waals surface area contributed by atoms with E-state index in [1.165, 1.54) is 15.6 Å². The van der Waals surface area contributed by atoms with Crippen LogP contribution in [0.3, 0.4) is 0 Å². The molecule has 0 atom stereocenters. The summed E-state index contributed by atoms with van der Waals surface area (Å²) in [5, 5.41) is 7.16. The van der Waals surface area contributed by atoms with E-state index in [4.69, 9.17) is 0 Å². The predicted octanol–water partition coefficient (Wildman–Crippen LogP) is 2.01. The molecule has 0 saturated heterocycles. The minimum Gasteiger partial charge on any atom is -0.339 e. The van der Waals surface area contributed by atoms with Crippen LogP contribution in [0.25, 0.3) is 11.0 Å². The smallest absolute Gasteiger partial charge is 0.266 e. The number of benzene rings is 1. The van der Waals surface area contributed by atoms with Crippen molar-refractivity contribution < 1.29 is 9.59 Å². The van der Waals surface area contributed by atoms with Crippen LogP contribution >= 0.6 is 15.9 Å². The van der Waals surface area contributed by atoms with E-state index in [-0.39, 0.29) is 23.9 Å². The molecule has 1 N–H and O–H groups in total. The molecule has 0 saturated carbocycles. The minimum atomic E-state index is -0.379. The summed E-state index contributed by atoms with van der Waals surface area (Å²) in [5.74, 6) is -0.433. The Morgan fingerprint density at radius 3 is 2.45 bits per heavy atom. The Kier molecular flexibility index (Phi) is 6.12. The van der Waals surface area contributed by atoms with E-state index in [1.807, 2.05) is 13.8 Å². The highest BCUT2D eigenvalue weighted by Gasteiger charge is 2.16. The second-order valence-corrected chi connectivity index (χ2v) is 7.14. The number of aryl methyl sites for hydroxylation is 1. The second-order valence-electron chi connectivity index (χ2n) is 6.39. The standard InChI is InChI=1S/C19H21BrN6O3/c1-4-25(5-2)18(28)12-6-8-13(9-7-12)22-14(27)10-26-11-21-17-15(19(26)29)16(20)23-24(17)3/h6-9,11H,4-5,10H2,1-3H3,(H,22,27). The second kappa shape index (κ2) is 8.56. The normalized spacial score (nSPS) is 10.9. The van der Waals surface area contributed by atoms with E-state index in [2.05, 4.69) is 31.3 Å². The van der Waals surface area contributed by atoms with Crippen molar-refractivity contribution in [1.29, 1.82) is 0 Å². The maximum atomic E-state index is 12.6. The van der Waals surface area contributed by atoms with Gasteiger partial charge in [-0.25, -0.2) is 9.67 Å². The molecule has 0 bridgehead atoms. The van der Waals surface area contributed by atoms with E-state index in [0.29, 0.717) is 40.0 Å². The molecule has 0 aliphatic heterocycles. The fourth-order valence-corrected chi connectivity index (χ4v) is 3.58. The summed E-state index contributed by atoms with van der Waals surface area (Å²) in [6.07, 6.45) is 1.32. The van der Waals surface area contributed by atoms with Gasteiger partial charge in [0, 0.05) is 31.4 Å². The van der Waals surface area contributed by atoms with Gasteiger partial charge in [0.1, 0.15) is 22.9 Å². The number of halogens is 1. The Labute approximate surface area is 175 Å². The summed E-state index contributed by atoms with van der Waals surface area (Å²) in [5.41, 5.74) is 1.17. The van der Waals surface area contributed by atoms with Crippen LogP contribution in [0.2, 0.25) is 0 Å². The number of nitrogens with zero attached hydrogens (tertiary/aromatic N) is 5. The van der Waals surface area contributed by atoms with E-state index in [0.717, 1.165) is 0 Å². The van der Waals surface area contributed by atoms with E-state index in [1.54, 1.807) is 36.2 Å². The molecule has 1 aromatic carbocycles. The average molecular weight is 461 g/mol. The number of rotatable bonds is 6. The number of fused-ring (bicyclic) bond motifs is 1. The molecule has 0 fully saturated rings. The molecule has 152 valence electrons. The molecular formula is C19H21BrN6O3. The molecule has 3 rings (SSSR count). The number of amides is 2. The molecule has 2 amide bonds. The van der Waals surface area contributed by atoms with Gasteiger partial charge in [-0.1, -0.05) is 0 Å². The lowest BCUT2D eigenvalue weighted by Crippen LogP contribution is -2.30. The fraction of sp³-hybridized carbons (Fsp3) is 0.316. The number of nitrogens with one attached hydrogen (secondary N) is 1. The first-order valence-corrected chi connectivity index (χ1v) is 9.91. The van der Waals surface area contributed by atoms with Gasteiger partial charge in [0.2, 0.25) is 5.91 Å². The third-order valence-corrected chi connectivity index (χ3v) is 5.10. The third-order valence-electron chi connectivity index (χ3n) is 4.55. The van der Waals surface area contributed by atoms with E-state index < -0.39 is 0 Å². The topological polar surface area (TPSA) is 102 Å². The Balaban J connectivity index is 1.72. The number of aromatic nitrogens is 4. The van der Waals surface area contributed by atoms with E-state index >= 15 is 0 Å². The lowest BCUT2D eigenvalue weighted by Gasteiger charge is -2.18. The van der Waals surface area contributed by atoms with Gasteiger partial charge in [-0.15, -0.1) is 0 Å². The molecule has 29 heavy (non-hydrogen) atoms.